The average molecular weight is 309 g/mol. The van der Waals surface area contributed by atoms with Crippen LogP contribution >= 0.6 is 11.3 Å². The SMILES string of the molecule is Cc1cc(C(=O)NC[C@@H](C)CN2CCN(C)CC2)c(C)s1. The Morgan fingerprint density at radius 1 is 1.33 bits per heavy atom. The summed E-state index contributed by atoms with van der Waals surface area (Å²) in [7, 11) is 2.17. The van der Waals surface area contributed by atoms with Gasteiger partial charge in [0.05, 0.1) is 5.56 Å². The van der Waals surface area contributed by atoms with Gasteiger partial charge in [0.25, 0.3) is 5.91 Å². The number of hydrogen-bond acceptors (Lipinski definition) is 4. The molecule has 0 saturated carbocycles. The van der Waals surface area contributed by atoms with E-state index in [4.69, 9.17) is 0 Å². The fourth-order valence-corrected chi connectivity index (χ4v) is 3.68. The zero-order valence-electron chi connectivity index (χ0n) is 13.6. The number of carbonyl (C=O) groups is 1. The minimum absolute atomic E-state index is 0.0714. The first kappa shape index (κ1) is 16.5. The predicted octanol–water partition coefficient (Wildman–Crippen LogP) is 1.98. The van der Waals surface area contributed by atoms with Crippen LogP contribution in [0.25, 0.3) is 0 Å². The molecule has 1 saturated heterocycles. The largest absolute Gasteiger partial charge is 0.352 e. The molecule has 0 aliphatic carbocycles. The highest BCUT2D eigenvalue weighted by atomic mass is 32.1. The summed E-state index contributed by atoms with van der Waals surface area (Å²) in [5, 5.41) is 3.08. The molecule has 1 aliphatic heterocycles. The molecule has 0 radical (unpaired) electrons. The summed E-state index contributed by atoms with van der Waals surface area (Å²) < 4.78 is 0. The summed E-state index contributed by atoms with van der Waals surface area (Å²) in [4.78, 5) is 19.4. The lowest BCUT2D eigenvalue weighted by atomic mass is 10.1. The molecule has 1 amide bonds. The lowest BCUT2D eigenvalue weighted by Crippen LogP contribution is -2.46. The minimum Gasteiger partial charge on any atom is -0.352 e. The predicted molar refractivity (Wildman–Crippen MR) is 89.2 cm³/mol. The molecule has 0 bridgehead atoms. The molecule has 2 heterocycles. The van der Waals surface area contributed by atoms with Crippen LogP contribution in [0.5, 0.6) is 0 Å². The number of hydrogen-bond donors (Lipinski definition) is 1. The second kappa shape index (κ2) is 7.38. The number of aryl methyl sites for hydroxylation is 2. The van der Waals surface area contributed by atoms with Gasteiger partial charge in [0.15, 0.2) is 0 Å². The van der Waals surface area contributed by atoms with Gasteiger partial charge in [-0.2, -0.15) is 0 Å². The van der Waals surface area contributed by atoms with Gasteiger partial charge in [0.2, 0.25) is 0 Å². The van der Waals surface area contributed by atoms with Crippen LogP contribution in [0.15, 0.2) is 6.07 Å². The van der Waals surface area contributed by atoms with Crippen LogP contribution < -0.4 is 5.32 Å². The van der Waals surface area contributed by atoms with Gasteiger partial charge in [-0.25, -0.2) is 0 Å². The molecule has 5 heteroatoms. The van der Waals surface area contributed by atoms with Crippen LogP contribution in [0.4, 0.5) is 0 Å². The zero-order chi connectivity index (χ0) is 15.4. The Morgan fingerprint density at radius 3 is 2.57 bits per heavy atom. The van der Waals surface area contributed by atoms with Gasteiger partial charge in [-0.15, -0.1) is 11.3 Å². The number of nitrogens with one attached hydrogen (secondary N) is 1. The second-order valence-electron chi connectivity index (χ2n) is 6.25. The lowest BCUT2D eigenvalue weighted by Gasteiger charge is -2.33. The zero-order valence-corrected chi connectivity index (χ0v) is 14.4. The van der Waals surface area contributed by atoms with E-state index in [1.807, 2.05) is 19.9 Å². The average Bonchev–Trinajstić information content (AvgIpc) is 2.78. The van der Waals surface area contributed by atoms with Gasteiger partial charge in [-0.1, -0.05) is 6.92 Å². The van der Waals surface area contributed by atoms with Crippen molar-refractivity contribution in [1.29, 1.82) is 0 Å². The van der Waals surface area contributed by atoms with Crippen LogP contribution in [0, 0.1) is 19.8 Å². The van der Waals surface area contributed by atoms with Crippen molar-refractivity contribution < 1.29 is 4.79 Å². The van der Waals surface area contributed by atoms with Crippen molar-refractivity contribution in [2.75, 3.05) is 46.3 Å². The van der Waals surface area contributed by atoms with Crippen molar-refractivity contribution in [3.63, 3.8) is 0 Å². The van der Waals surface area contributed by atoms with E-state index in [2.05, 4.69) is 29.1 Å². The number of carbonyl (C=O) groups excluding carboxylic acids is 1. The standard InChI is InChI=1S/C16H27N3OS/c1-12(11-19-7-5-18(4)6-8-19)10-17-16(20)15-9-13(2)21-14(15)3/h9,12H,5-8,10-11H2,1-4H3,(H,17,20)/t12-/m1/s1. The smallest absolute Gasteiger partial charge is 0.252 e. The van der Waals surface area contributed by atoms with Crippen LogP contribution in [0.1, 0.15) is 27.0 Å². The Hall–Kier alpha value is -0.910. The first-order valence-electron chi connectivity index (χ1n) is 7.72. The van der Waals surface area contributed by atoms with Crippen molar-refractivity contribution in [1.82, 2.24) is 15.1 Å². The number of thiophene rings is 1. The Balaban J connectivity index is 1.74. The van der Waals surface area contributed by atoms with Crippen molar-refractivity contribution in [2.45, 2.75) is 20.8 Å². The summed E-state index contributed by atoms with van der Waals surface area (Å²) >= 11 is 1.69. The topological polar surface area (TPSA) is 35.6 Å². The third-order valence-corrected chi connectivity index (χ3v) is 5.03. The van der Waals surface area contributed by atoms with Crippen LogP contribution in [-0.4, -0.2) is 62.0 Å². The molecule has 2 rings (SSSR count). The summed E-state index contributed by atoms with van der Waals surface area (Å²) in [6.45, 7) is 12.7. The monoisotopic (exact) mass is 309 g/mol. The molecule has 1 N–H and O–H groups in total. The number of likely N-dealkylation sites (N-methyl/N-ethyl adjacent to an activating group) is 1. The van der Waals surface area contributed by atoms with Gasteiger partial charge in [-0.05, 0) is 32.9 Å². The molecule has 1 aliphatic rings. The quantitative estimate of drug-likeness (QED) is 0.903. The molecule has 1 aromatic heterocycles. The summed E-state index contributed by atoms with van der Waals surface area (Å²) in [6, 6.07) is 1.99. The van der Waals surface area contributed by atoms with E-state index in [0.717, 1.165) is 49.7 Å². The Labute approximate surface area is 132 Å². The number of nitrogens with zero attached hydrogens (tertiary/aromatic N) is 2. The van der Waals surface area contributed by atoms with E-state index in [9.17, 15) is 4.79 Å². The van der Waals surface area contributed by atoms with Gasteiger partial charge >= 0.3 is 0 Å². The van der Waals surface area contributed by atoms with Crippen molar-refractivity contribution in [3.05, 3.63) is 21.4 Å². The van der Waals surface area contributed by atoms with Crippen molar-refractivity contribution in [2.24, 2.45) is 5.92 Å². The van der Waals surface area contributed by atoms with E-state index < -0.39 is 0 Å². The normalized spacial score (nSPS) is 18.7. The Kier molecular flexibility index (Phi) is 5.79. The maximum Gasteiger partial charge on any atom is 0.252 e. The first-order valence-corrected chi connectivity index (χ1v) is 8.53. The maximum absolute atomic E-state index is 12.2. The second-order valence-corrected chi connectivity index (χ2v) is 7.71. The Morgan fingerprint density at radius 2 is 2.00 bits per heavy atom. The number of amides is 1. The lowest BCUT2D eigenvalue weighted by molar-refractivity contribution is 0.0937. The molecule has 0 unspecified atom stereocenters. The highest BCUT2D eigenvalue weighted by Gasteiger charge is 2.17. The van der Waals surface area contributed by atoms with Gasteiger partial charge in [0, 0.05) is 49.0 Å². The molecule has 1 aromatic rings. The molecule has 0 aromatic carbocycles. The Bertz CT molecular complexity index is 478. The van der Waals surface area contributed by atoms with E-state index in [1.54, 1.807) is 11.3 Å². The number of rotatable bonds is 5. The molecule has 0 spiro atoms. The molecule has 4 nitrogen and oxygen atoms in total. The molecule has 1 fully saturated rings. The highest BCUT2D eigenvalue weighted by Crippen LogP contribution is 2.20. The van der Waals surface area contributed by atoms with Crippen molar-refractivity contribution >= 4 is 17.2 Å². The molecule has 118 valence electrons. The van der Waals surface area contributed by atoms with Gasteiger partial charge in [-0.3, -0.25) is 4.79 Å². The fourth-order valence-electron chi connectivity index (χ4n) is 2.75. The third kappa shape index (κ3) is 4.80. The first-order chi connectivity index (χ1) is 9.95. The van der Waals surface area contributed by atoms with E-state index >= 15 is 0 Å². The summed E-state index contributed by atoms with van der Waals surface area (Å²) in [5.74, 6) is 0.555. The van der Waals surface area contributed by atoms with E-state index in [1.165, 1.54) is 4.88 Å². The van der Waals surface area contributed by atoms with Gasteiger partial charge in [0.1, 0.15) is 0 Å². The van der Waals surface area contributed by atoms with Crippen molar-refractivity contribution in [3.8, 4) is 0 Å². The maximum atomic E-state index is 12.2. The van der Waals surface area contributed by atoms with Crippen LogP contribution in [0.3, 0.4) is 0 Å². The third-order valence-electron chi connectivity index (χ3n) is 4.06. The summed E-state index contributed by atoms with van der Waals surface area (Å²) in [5.41, 5.74) is 0.837. The molecule has 1 atom stereocenters. The molecule has 21 heavy (non-hydrogen) atoms. The molecular weight excluding hydrogens is 282 g/mol. The van der Waals surface area contributed by atoms with E-state index in [0.29, 0.717) is 5.92 Å². The minimum atomic E-state index is 0.0714. The fraction of sp³-hybridized carbons (Fsp3) is 0.688. The van der Waals surface area contributed by atoms with Gasteiger partial charge < -0.3 is 15.1 Å². The van der Waals surface area contributed by atoms with Crippen LogP contribution in [0.2, 0.25) is 0 Å². The highest BCUT2D eigenvalue weighted by molar-refractivity contribution is 7.12. The molecular formula is C16H27N3OS. The number of piperazine rings is 1. The summed E-state index contributed by atoms with van der Waals surface area (Å²) in [6.07, 6.45) is 0. The van der Waals surface area contributed by atoms with Crippen LogP contribution in [-0.2, 0) is 0 Å². The van der Waals surface area contributed by atoms with E-state index in [-0.39, 0.29) is 5.91 Å².